The Labute approximate surface area is 152 Å². The van der Waals surface area contributed by atoms with Crippen molar-refractivity contribution >= 4 is 11.9 Å². The van der Waals surface area contributed by atoms with E-state index in [0.29, 0.717) is 23.7 Å². The zero-order chi connectivity index (χ0) is 18.2. The fourth-order valence-electron chi connectivity index (χ4n) is 2.42. The highest BCUT2D eigenvalue weighted by Gasteiger charge is 2.06. The fourth-order valence-corrected chi connectivity index (χ4v) is 2.42. The van der Waals surface area contributed by atoms with Gasteiger partial charge >= 0.3 is 0 Å². The molecule has 4 heteroatoms. The lowest BCUT2D eigenvalue weighted by molar-refractivity contribution is 0.104. The predicted octanol–water partition coefficient (Wildman–Crippen LogP) is 4.57. The van der Waals surface area contributed by atoms with Crippen molar-refractivity contribution in [2.45, 2.75) is 6.61 Å². The molecule has 130 valence electrons. The van der Waals surface area contributed by atoms with E-state index < -0.39 is 0 Å². The Hall–Kier alpha value is -3.40. The number of rotatable bonds is 7. The molecular weight excluding hydrogens is 326 g/mol. The van der Waals surface area contributed by atoms with Gasteiger partial charge in [-0.1, -0.05) is 42.5 Å². The second kappa shape index (κ2) is 8.62. The molecule has 0 spiro atoms. The first-order valence-electron chi connectivity index (χ1n) is 8.23. The molecule has 0 N–H and O–H groups in total. The summed E-state index contributed by atoms with van der Waals surface area (Å²) in [6, 6.07) is 19.0. The SMILES string of the molecule is COc1ccc(/C=C/C(=O)c2cccnc2)cc1OCc1ccccc1. The summed E-state index contributed by atoms with van der Waals surface area (Å²) in [5.41, 5.74) is 2.48. The average Bonchev–Trinajstić information content (AvgIpc) is 2.72. The Morgan fingerprint density at radius 1 is 1.04 bits per heavy atom. The molecule has 0 saturated carbocycles. The van der Waals surface area contributed by atoms with Gasteiger partial charge in [-0.2, -0.15) is 0 Å². The summed E-state index contributed by atoms with van der Waals surface area (Å²) in [6.45, 7) is 0.443. The number of nitrogens with zero attached hydrogens (tertiary/aromatic N) is 1. The van der Waals surface area contributed by atoms with Crippen LogP contribution in [0, 0.1) is 0 Å². The van der Waals surface area contributed by atoms with Gasteiger partial charge in [0.05, 0.1) is 7.11 Å². The molecule has 0 bridgehead atoms. The zero-order valence-electron chi connectivity index (χ0n) is 14.5. The number of ketones is 1. The number of benzene rings is 2. The van der Waals surface area contributed by atoms with Crippen molar-refractivity contribution in [3.8, 4) is 11.5 Å². The van der Waals surface area contributed by atoms with Crippen LogP contribution in [-0.4, -0.2) is 17.9 Å². The maximum atomic E-state index is 12.2. The first kappa shape index (κ1) is 17.4. The Balaban J connectivity index is 1.74. The summed E-state index contributed by atoms with van der Waals surface area (Å²) in [4.78, 5) is 16.1. The minimum atomic E-state index is -0.0966. The quantitative estimate of drug-likeness (QED) is 0.465. The number of hydrogen-bond donors (Lipinski definition) is 0. The first-order valence-corrected chi connectivity index (χ1v) is 8.23. The lowest BCUT2D eigenvalue weighted by Crippen LogP contribution is -1.98. The van der Waals surface area contributed by atoms with Crippen LogP contribution in [0.3, 0.4) is 0 Å². The van der Waals surface area contributed by atoms with Gasteiger partial charge in [-0.25, -0.2) is 0 Å². The summed E-state index contributed by atoms with van der Waals surface area (Å²) in [5.74, 6) is 1.18. The minimum Gasteiger partial charge on any atom is -0.493 e. The number of pyridine rings is 1. The molecule has 26 heavy (non-hydrogen) atoms. The molecule has 3 rings (SSSR count). The molecule has 4 nitrogen and oxygen atoms in total. The van der Waals surface area contributed by atoms with E-state index in [1.807, 2.05) is 48.5 Å². The number of allylic oxidation sites excluding steroid dienone is 1. The molecule has 2 aromatic carbocycles. The molecule has 0 radical (unpaired) electrons. The summed E-state index contributed by atoms with van der Waals surface area (Å²) < 4.78 is 11.3. The maximum absolute atomic E-state index is 12.2. The van der Waals surface area contributed by atoms with Crippen molar-refractivity contribution in [2.75, 3.05) is 7.11 Å². The highest BCUT2D eigenvalue weighted by Crippen LogP contribution is 2.29. The lowest BCUT2D eigenvalue weighted by atomic mass is 10.1. The number of carbonyl (C=O) groups excluding carboxylic acids is 1. The summed E-state index contributed by atoms with van der Waals surface area (Å²) in [5, 5.41) is 0. The van der Waals surface area contributed by atoms with Crippen LogP contribution in [0.2, 0.25) is 0 Å². The van der Waals surface area contributed by atoms with Gasteiger partial charge < -0.3 is 9.47 Å². The number of aromatic nitrogens is 1. The van der Waals surface area contributed by atoms with Crippen LogP contribution in [0.1, 0.15) is 21.5 Å². The van der Waals surface area contributed by atoms with Gasteiger partial charge in [0.15, 0.2) is 17.3 Å². The first-order chi connectivity index (χ1) is 12.8. The van der Waals surface area contributed by atoms with Crippen molar-refractivity contribution < 1.29 is 14.3 Å². The standard InChI is InChI=1S/C22H19NO3/c1-25-21-12-10-17(9-11-20(24)19-8-5-13-23-15-19)14-22(21)26-16-18-6-3-2-4-7-18/h2-15H,16H2,1H3/b11-9+. The number of carbonyl (C=O) groups is 1. The Morgan fingerprint density at radius 3 is 2.62 bits per heavy atom. The van der Waals surface area contributed by atoms with Crippen molar-refractivity contribution in [3.63, 3.8) is 0 Å². The van der Waals surface area contributed by atoms with Crippen molar-refractivity contribution in [2.24, 2.45) is 0 Å². The molecule has 0 fully saturated rings. The maximum Gasteiger partial charge on any atom is 0.187 e. The fraction of sp³-hybridized carbons (Fsp3) is 0.0909. The Kier molecular flexibility index (Phi) is 5.78. The topological polar surface area (TPSA) is 48.4 Å². The molecule has 0 unspecified atom stereocenters. The summed E-state index contributed by atoms with van der Waals surface area (Å²) in [6.07, 6.45) is 6.47. The molecule has 0 aliphatic rings. The highest BCUT2D eigenvalue weighted by atomic mass is 16.5. The van der Waals surface area contributed by atoms with Gasteiger partial charge in [0.1, 0.15) is 6.61 Å². The van der Waals surface area contributed by atoms with Crippen LogP contribution < -0.4 is 9.47 Å². The second-order valence-electron chi connectivity index (χ2n) is 5.62. The summed E-state index contributed by atoms with van der Waals surface area (Å²) >= 11 is 0. The number of ether oxygens (including phenoxy) is 2. The molecule has 1 aromatic heterocycles. The van der Waals surface area contributed by atoms with Crippen LogP contribution in [0.4, 0.5) is 0 Å². The van der Waals surface area contributed by atoms with E-state index in [0.717, 1.165) is 11.1 Å². The van der Waals surface area contributed by atoms with Crippen LogP contribution in [0.15, 0.2) is 79.1 Å². The van der Waals surface area contributed by atoms with Crippen LogP contribution in [0.5, 0.6) is 11.5 Å². The number of hydrogen-bond acceptors (Lipinski definition) is 4. The van der Waals surface area contributed by atoms with Crippen molar-refractivity contribution in [3.05, 3.63) is 95.8 Å². The Bertz CT molecular complexity index is 890. The van der Waals surface area contributed by atoms with Gasteiger partial charge in [0.25, 0.3) is 0 Å². The monoisotopic (exact) mass is 345 g/mol. The third-order valence-corrected chi connectivity index (χ3v) is 3.80. The minimum absolute atomic E-state index is 0.0966. The molecule has 1 heterocycles. The molecule has 0 atom stereocenters. The second-order valence-corrected chi connectivity index (χ2v) is 5.62. The molecule has 0 saturated heterocycles. The van der Waals surface area contributed by atoms with E-state index in [9.17, 15) is 4.79 Å². The van der Waals surface area contributed by atoms with Crippen LogP contribution in [-0.2, 0) is 6.61 Å². The largest absolute Gasteiger partial charge is 0.493 e. The predicted molar refractivity (Wildman–Crippen MR) is 101 cm³/mol. The van der Waals surface area contributed by atoms with Crippen molar-refractivity contribution in [1.82, 2.24) is 4.98 Å². The van der Waals surface area contributed by atoms with E-state index in [2.05, 4.69) is 4.98 Å². The van der Waals surface area contributed by atoms with Gasteiger partial charge in [0, 0.05) is 18.0 Å². The van der Waals surface area contributed by atoms with Crippen molar-refractivity contribution in [1.29, 1.82) is 0 Å². The smallest absolute Gasteiger partial charge is 0.187 e. The van der Waals surface area contributed by atoms with E-state index in [4.69, 9.17) is 9.47 Å². The van der Waals surface area contributed by atoms with Gasteiger partial charge in [-0.3, -0.25) is 9.78 Å². The third kappa shape index (κ3) is 4.57. The molecule has 0 amide bonds. The molecular formula is C22H19NO3. The van der Waals surface area contributed by atoms with E-state index in [1.165, 1.54) is 6.08 Å². The van der Waals surface area contributed by atoms with E-state index in [1.54, 1.807) is 37.7 Å². The molecule has 0 aliphatic heterocycles. The summed E-state index contributed by atoms with van der Waals surface area (Å²) in [7, 11) is 1.60. The van der Waals surface area contributed by atoms with Gasteiger partial charge in [-0.05, 0) is 41.5 Å². The van der Waals surface area contributed by atoms with Crippen LogP contribution >= 0.6 is 0 Å². The zero-order valence-corrected chi connectivity index (χ0v) is 14.5. The van der Waals surface area contributed by atoms with E-state index >= 15 is 0 Å². The molecule has 0 aliphatic carbocycles. The number of methoxy groups -OCH3 is 1. The normalized spacial score (nSPS) is 10.7. The average molecular weight is 345 g/mol. The molecule has 3 aromatic rings. The van der Waals surface area contributed by atoms with Gasteiger partial charge in [0.2, 0.25) is 0 Å². The van der Waals surface area contributed by atoms with Gasteiger partial charge in [-0.15, -0.1) is 0 Å². The van der Waals surface area contributed by atoms with Crippen LogP contribution in [0.25, 0.3) is 6.08 Å². The third-order valence-electron chi connectivity index (χ3n) is 3.80. The lowest BCUT2D eigenvalue weighted by Gasteiger charge is -2.11. The van der Waals surface area contributed by atoms with E-state index in [-0.39, 0.29) is 5.78 Å². The Morgan fingerprint density at radius 2 is 1.88 bits per heavy atom. The highest BCUT2D eigenvalue weighted by molar-refractivity contribution is 6.06.